The minimum Gasteiger partial charge on any atom is -0.496 e. The SMILES string of the molecule is COc1ccccc1CNS(=O)(=O)c1ncn(C)c1Cl. The fraction of sp³-hybridized carbons (Fsp3) is 0.250. The number of benzene rings is 1. The monoisotopic (exact) mass is 315 g/mol. The summed E-state index contributed by atoms with van der Waals surface area (Å²) in [5.74, 6) is 0.613. The van der Waals surface area contributed by atoms with E-state index in [0.717, 1.165) is 5.56 Å². The summed E-state index contributed by atoms with van der Waals surface area (Å²) in [4.78, 5) is 3.79. The summed E-state index contributed by atoms with van der Waals surface area (Å²) in [6.45, 7) is 0.0965. The third-order valence-corrected chi connectivity index (χ3v) is 4.62. The highest BCUT2D eigenvalue weighted by Gasteiger charge is 2.22. The molecular formula is C12H14ClN3O3S. The minimum atomic E-state index is -3.76. The Morgan fingerprint density at radius 1 is 1.40 bits per heavy atom. The number of aromatic nitrogens is 2. The molecule has 1 heterocycles. The van der Waals surface area contributed by atoms with Crippen molar-refractivity contribution in [2.24, 2.45) is 7.05 Å². The fourth-order valence-electron chi connectivity index (χ4n) is 1.66. The lowest BCUT2D eigenvalue weighted by molar-refractivity contribution is 0.409. The molecule has 108 valence electrons. The van der Waals surface area contributed by atoms with E-state index in [9.17, 15) is 8.42 Å². The lowest BCUT2D eigenvalue weighted by Crippen LogP contribution is -2.24. The second kappa shape index (κ2) is 5.82. The maximum atomic E-state index is 12.1. The van der Waals surface area contributed by atoms with E-state index >= 15 is 0 Å². The first kappa shape index (κ1) is 14.8. The van der Waals surface area contributed by atoms with Crippen LogP contribution in [0.15, 0.2) is 35.6 Å². The van der Waals surface area contributed by atoms with Crippen LogP contribution < -0.4 is 9.46 Å². The molecule has 0 aliphatic carbocycles. The van der Waals surface area contributed by atoms with E-state index in [0.29, 0.717) is 5.75 Å². The molecule has 0 saturated heterocycles. The van der Waals surface area contributed by atoms with Gasteiger partial charge in [-0.15, -0.1) is 0 Å². The van der Waals surface area contributed by atoms with Crippen molar-refractivity contribution < 1.29 is 13.2 Å². The van der Waals surface area contributed by atoms with Crippen molar-refractivity contribution in [1.82, 2.24) is 14.3 Å². The van der Waals surface area contributed by atoms with Gasteiger partial charge in [0.05, 0.1) is 13.4 Å². The number of hydrogen-bond acceptors (Lipinski definition) is 4. The van der Waals surface area contributed by atoms with Crippen molar-refractivity contribution in [3.63, 3.8) is 0 Å². The number of sulfonamides is 1. The predicted octanol–water partition coefficient (Wildman–Crippen LogP) is 1.56. The fourth-order valence-corrected chi connectivity index (χ4v) is 3.10. The zero-order chi connectivity index (χ0) is 14.8. The predicted molar refractivity (Wildman–Crippen MR) is 75.2 cm³/mol. The Morgan fingerprint density at radius 3 is 2.70 bits per heavy atom. The quantitative estimate of drug-likeness (QED) is 0.908. The maximum absolute atomic E-state index is 12.1. The Labute approximate surface area is 122 Å². The molecule has 2 rings (SSSR count). The van der Waals surface area contributed by atoms with E-state index in [4.69, 9.17) is 16.3 Å². The molecule has 8 heteroatoms. The summed E-state index contributed by atoms with van der Waals surface area (Å²) in [7, 11) is -0.612. The number of nitrogens with one attached hydrogen (secondary N) is 1. The van der Waals surface area contributed by atoms with Gasteiger partial charge in [-0.1, -0.05) is 29.8 Å². The zero-order valence-electron chi connectivity index (χ0n) is 11.0. The van der Waals surface area contributed by atoms with Crippen molar-refractivity contribution in [2.75, 3.05) is 7.11 Å². The van der Waals surface area contributed by atoms with Gasteiger partial charge in [-0.25, -0.2) is 18.1 Å². The number of hydrogen-bond donors (Lipinski definition) is 1. The third-order valence-electron chi connectivity index (χ3n) is 2.73. The highest BCUT2D eigenvalue weighted by Crippen LogP contribution is 2.20. The van der Waals surface area contributed by atoms with Gasteiger partial charge < -0.3 is 9.30 Å². The van der Waals surface area contributed by atoms with E-state index in [2.05, 4.69) is 9.71 Å². The molecular weight excluding hydrogens is 302 g/mol. The number of rotatable bonds is 5. The summed E-state index contributed by atoms with van der Waals surface area (Å²) in [5.41, 5.74) is 0.727. The molecule has 0 fully saturated rings. The van der Waals surface area contributed by atoms with Crippen LogP contribution in [0.25, 0.3) is 0 Å². The van der Waals surface area contributed by atoms with Gasteiger partial charge in [0, 0.05) is 19.2 Å². The summed E-state index contributed by atoms with van der Waals surface area (Å²) in [6, 6.07) is 7.16. The molecule has 0 bridgehead atoms. The largest absolute Gasteiger partial charge is 0.496 e. The van der Waals surface area contributed by atoms with E-state index in [1.807, 2.05) is 6.07 Å². The molecule has 0 aliphatic heterocycles. The van der Waals surface area contributed by atoms with Gasteiger partial charge in [0.2, 0.25) is 5.03 Å². The average molecular weight is 316 g/mol. The number of ether oxygens (including phenoxy) is 1. The summed E-state index contributed by atoms with van der Waals surface area (Å²) < 4.78 is 33.3. The smallest absolute Gasteiger partial charge is 0.261 e. The van der Waals surface area contributed by atoms with Crippen LogP contribution in [0.4, 0.5) is 0 Å². The second-order valence-corrected chi connectivity index (χ2v) is 6.13. The molecule has 1 aromatic carbocycles. The van der Waals surface area contributed by atoms with Crippen molar-refractivity contribution in [1.29, 1.82) is 0 Å². The molecule has 20 heavy (non-hydrogen) atoms. The first-order valence-electron chi connectivity index (χ1n) is 5.74. The number of para-hydroxylation sites is 1. The summed E-state index contributed by atoms with van der Waals surface area (Å²) >= 11 is 5.89. The van der Waals surface area contributed by atoms with Gasteiger partial charge in [-0.2, -0.15) is 0 Å². The van der Waals surface area contributed by atoms with Gasteiger partial charge in [0.25, 0.3) is 10.0 Å². The standard InChI is InChI=1S/C12H14ClN3O3S/c1-16-8-14-12(11(16)13)20(17,18)15-7-9-5-3-4-6-10(9)19-2/h3-6,8,15H,7H2,1-2H3. The first-order chi connectivity index (χ1) is 9.45. The molecule has 2 aromatic rings. The zero-order valence-corrected chi connectivity index (χ0v) is 12.6. The summed E-state index contributed by atoms with van der Waals surface area (Å²) in [5, 5.41) is -0.117. The Hall–Kier alpha value is -1.57. The molecule has 0 unspecified atom stereocenters. The van der Waals surface area contributed by atoms with E-state index in [1.165, 1.54) is 18.0 Å². The molecule has 0 amide bonds. The number of halogens is 1. The molecule has 6 nitrogen and oxygen atoms in total. The number of aryl methyl sites for hydroxylation is 1. The molecule has 1 aromatic heterocycles. The van der Waals surface area contributed by atoms with Crippen LogP contribution in [0.3, 0.4) is 0 Å². The molecule has 0 atom stereocenters. The van der Waals surface area contributed by atoms with Crippen molar-refractivity contribution in [3.05, 3.63) is 41.3 Å². The highest BCUT2D eigenvalue weighted by molar-refractivity contribution is 7.89. The van der Waals surface area contributed by atoms with Gasteiger partial charge in [0.15, 0.2) is 0 Å². The Bertz CT molecular complexity index is 712. The molecule has 1 N–H and O–H groups in total. The van der Waals surface area contributed by atoms with Crippen LogP contribution in [0.1, 0.15) is 5.56 Å². The lowest BCUT2D eigenvalue weighted by Gasteiger charge is -2.09. The average Bonchev–Trinajstić information content (AvgIpc) is 2.78. The van der Waals surface area contributed by atoms with E-state index in [1.54, 1.807) is 25.2 Å². The molecule has 0 aliphatic rings. The number of imidazole rings is 1. The molecule has 0 radical (unpaired) electrons. The first-order valence-corrected chi connectivity index (χ1v) is 7.60. The van der Waals surface area contributed by atoms with E-state index in [-0.39, 0.29) is 16.7 Å². The van der Waals surface area contributed by atoms with Crippen LogP contribution in [0.5, 0.6) is 5.75 Å². The number of methoxy groups -OCH3 is 1. The molecule has 0 saturated carbocycles. The maximum Gasteiger partial charge on any atom is 0.261 e. The van der Waals surface area contributed by atoms with Crippen molar-refractivity contribution in [2.45, 2.75) is 11.6 Å². The van der Waals surface area contributed by atoms with Gasteiger partial charge in [-0.3, -0.25) is 0 Å². The Balaban J connectivity index is 2.20. The van der Waals surface area contributed by atoms with Crippen LogP contribution >= 0.6 is 11.6 Å². The Kier molecular flexibility index (Phi) is 4.32. The third kappa shape index (κ3) is 2.95. The number of nitrogens with zero attached hydrogens (tertiary/aromatic N) is 2. The minimum absolute atomic E-state index is 0.0672. The van der Waals surface area contributed by atoms with Gasteiger partial charge in [0.1, 0.15) is 10.9 Å². The van der Waals surface area contributed by atoms with Crippen LogP contribution in [0.2, 0.25) is 5.15 Å². The van der Waals surface area contributed by atoms with Gasteiger partial charge >= 0.3 is 0 Å². The topological polar surface area (TPSA) is 73.2 Å². The second-order valence-electron chi connectivity index (χ2n) is 4.09. The summed E-state index contributed by atoms with van der Waals surface area (Å²) in [6.07, 6.45) is 1.35. The molecule has 0 spiro atoms. The lowest BCUT2D eigenvalue weighted by atomic mass is 10.2. The van der Waals surface area contributed by atoms with Crippen LogP contribution in [-0.2, 0) is 23.6 Å². The van der Waals surface area contributed by atoms with E-state index < -0.39 is 10.0 Å². The van der Waals surface area contributed by atoms with Gasteiger partial charge in [-0.05, 0) is 6.07 Å². The van der Waals surface area contributed by atoms with Crippen LogP contribution in [0, 0.1) is 0 Å². The van der Waals surface area contributed by atoms with Crippen molar-refractivity contribution >= 4 is 21.6 Å². The normalized spacial score (nSPS) is 11.6. The van der Waals surface area contributed by atoms with Crippen molar-refractivity contribution in [3.8, 4) is 5.75 Å². The highest BCUT2D eigenvalue weighted by atomic mass is 35.5. The van der Waals surface area contributed by atoms with Crippen LogP contribution in [-0.4, -0.2) is 25.1 Å². The Morgan fingerprint density at radius 2 is 2.10 bits per heavy atom.